The lowest BCUT2D eigenvalue weighted by molar-refractivity contribution is -0.130. The second-order valence-corrected chi connectivity index (χ2v) is 12.6. The maximum atomic E-state index is 13.7. The van der Waals surface area contributed by atoms with Gasteiger partial charge in [0.1, 0.15) is 5.52 Å². The first-order chi connectivity index (χ1) is 19.6. The molecule has 0 spiro atoms. The number of aromatic amines is 1. The number of hydrogen-bond donors (Lipinski definition) is 2. The Morgan fingerprint density at radius 1 is 1.22 bits per heavy atom. The van der Waals surface area contributed by atoms with Gasteiger partial charge < -0.3 is 24.5 Å². The minimum atomic E-state index is -0.823. The van der Waals surface area contributed by atoms with Crippen molar-refractivity contribution in [3.05, 3.63) is 45.0 Å². The van der Waals surface area contributed by atoms with Crippen molar-refractivity contribution in [2.24, 2.45) is 13.0 Å². The molecule has 1 saturated carbocycles. The summed E-state index contributed by atoms with van der Waals surface area (Å²) in [7, 11) is 3.63. The van der Waals surface area contributed by atoms with Crippen molar-refractivity contribution in [1.29, 1.82) is 0 Å². The summed E-state index contributed by atoms with van der Waals surface area (Å²) in [6.45, 7) is 7.92. The van der Waals surface area contributed by atoms with Gasteiger partial charge in [-0.05, 0) is 51.9 Å². The van der Waals surface area contributed by atoms with Crippen molar-refractivity contribution in [3.63, 3.8) is 0 Å². The molecule has 1 amide bonds. The smallest absolute Gasteiger partial charge is 0.254 e. The van der Waals surface area contributed by atoms with Crippen molar-refractivity contribution in [1.82, 2.24) is 25.0 Å². The second kappa shape index (κ2) is 10.7. The summed E-state index contributed by atoms with van der Waals surface area (Å²) >= 11 is 1.49. The molecule has 3 aromatic rings. The van der Waals surface area contributed by atoms with Crippen LogP contribution in [0.4, 0.5) is 0 Å². The lowest BCUT2D eigenvalue weighted by atomic mass is 9.80. The van der Waals surface area contributed by atoms with Crippen molar-refractivity contribution in [3.8, 4) is 11.5 Å². The average molecular weight is 582 g/mol. The summed E-state index contributed by atoms with van der Waals surface area (Å²) in [6, 6.07) is 2.51. The normalized spacial score (nSPS) is 24.5. The van der Waals surface area contributed by atoms with Crippen molar-refractivity contribution in [2.45, 2.75) is 75.8 Å². The molecule has 1 atom stereocenters. The van der Waals surface area contributed by atoms with E-state index in [0.29, 0.717) is 45.7 Å². The molecule has 4 heterocycles. The van der Waals surface area contributed by atoms with Crippen LogP contribution in [-0.2, 0) is 18.3 Å². The summed E-state index contributed by atoms with van der Waals surface area (Å²) in [5, 5.41) is 8.15. The number of rotatable bonds is 7. The number of pyridine rings is 1. The number of hydrogen-bond acceptors (Lipinski definition) is 8. The summed E-state index contributed by atoms with van der Waals surface area (Å²) in [5.74, 6) is 0.362. The molecule has 1 aromatic carbocycles. The largest absolute Gasteiger partial charge is 0.448 e. The van der Waals surface area contributed by atoms with Crippen molar-refractivity contribution in [2.75, 3.05) is 26.5 Å². The van der Waals surface area contributed by atoms with Gasteiger partial charge in [0.15, 0.2) is 11.5 Å². The van der Waals surface area contributed by atoms with Crippen LogP contribution in [-0.4, -0.2) is 70.0 Å². The number of nitrogens with one attached hydrogen (secondary N) is 2. The Morgan fingerprint density at radius 2 is 1.93 bits per heavy atom. The zero-order chi connectivity index (χ0) is 29.1. The maximum Gasteiger partial charge on any atom is 0.254 e. The van der Waals surface area contributed by atoms with E-state index in [1.165, 1.54) is 11.8 Å². The van der Waals surface area contributed by atoms with Gasteiger partial charge in [-0.3, -0.25) is 19.2 Å². The van der Waals surface area contributed by atoms with Gasteiger partial charge in [0.2, 0.25) is 0 Å². The van der Waals surface area contributed by atoms with Crippen molar-refractivity contribution < 1.29 is 19.0 Å². The molecular formula is C30H39N5O5S. The van der Waals surface area contributed by atoms with Crippen LogP contribution in [0.15, 0.2) is 22.0 Å². The van der Waals surface area contributed by atoms with Gasteiger partial charge in [-0.2, -0.15) is 5.10 Å². The van der Waals surface area contributed by atoms with E-state index in [1.807, 2.05) is 40.1 Å². The van der Waals surface area contributed by atoms with E-state index in [1.54, 1.807) is 18.0 Å². The van der Waals surface area contributed by atoms with Crippen LogP contribution in [0, 0.1) is 19.8 Å². The molecule has 10 nitrogen and oxygen atoms in total. The third-order valence-corrected chi connectivity index (χ3v) is 10.0. The summed E-state index contributed by atoms with van der Waals surface area (Å²) in [4.78, 5) is 32.6. The molecule has 2 N–H and O–H groups in total. The van der Waals surface area contributed by atoms with Crippen LogP contribution in [0.25, 0.3) is 10.9 Å². The first kappa shape index (κ1) is 28.1. The van der Waals surface area contributed by atoms with E-state index in [4.69, 9.17) is 14.2 Å². The number of fused-ring (bicyclic) bond motifs is 3. The van der Waals surface area contributed by atoms with Gasteiger partial charge in [0.05, 0.1) is 17.9 Å². The van der Waals surface area contributed by atoms with Crippen LogP contribution < -0.4 is 20.3 Å². The van der Waals surface area contributed by atoms with E-state index in [-0.39, 0.29) is 23.9 Å². The average Bonchev–Trinajstić information content (AvgIpc) is 3.48. The predicted octanol–water partition coefficient (Wildman–Crippen LogP) is 3.91. The van der Waals surface area contributed by atoms with E-state index >= 15 is 0 Å². The molecule has 0 unspecified atom stereocenters. The third-order valence-electron chi connectivity index (χ3n) is 9.22. The topological polar surface area (TPSA) is 111 Å². The zero-order valence-electron chi connectivity index (χ0n) is 24.6. The Labute approximate surface area is 244 Å². The highest BCUT2D eigenvalue weighted by atomic mass is 32.2. The zero-order valence-corrected chi connectivity index (χ0v) is 25.4. The number of carbonyl (C=O) groups excluding carboxylic acids is 1. The van der Waals surface area contributed by atoms with E-state index < -0.39 is 5.79 Å². The van der Waals surface area contributed by atoms with Gasteiger partial charge in [-0.25, -0.2) is 0 Å². The number of thioether (sulfide) groups is 1. The second-order valence-electron chi connectivity index (χ2n) is 11.7. The minimum Gasteiger partial charge on any atom is -0.448 e. The Bertz CT molecular complexity index is 1550. The predicted molar refractivity (Wildman–Crippen MR) is 158 cm³/mol. The Kier molecular flexibility index (Phi) is 7.32. The van der Waals surface area contributed by atoms with Crippen molar-refractivity contribution >= 4 is 28.6 Å². The Hall–Kier alpha value is -3.02. The molecule has 41 heavy (non-hydrogen) atoms. The number of aromatic nitrogens is 3. The highest BCUT2D eigenvalue weighted by Gasteiger charge is 2.49. The fraction of sp³-hybridized carbons (Fsp3) is 0.567. The number of nitrogens with zero attached hydrogens (tertiary/aromatic N) is 3. The standard InChI is InChI=1S/C30H39N5O5S/c1-16-11-23(41-6)21(28(36)33-16)12-31-29(37)24-17(2)26-27(25-22(24)13-32-34(25)4)40-30(3,39-26)18-7-9-19(10-8-18)35-14-20(15-35)38-5/h11,13,18-20H,7-10,12,14-15H2,1-6H3,(H,31,37)(H,33,36)/t18?,19?,30-/m1/s1. The van der Waals surface area contributed by atoms with Crippen LogP contribution >= 0.6 is 11.8 Å². The van der Waals surface area contributed by atoms with Gasteiger partial charge in [0, 0.05) is 79.8 Å². The molecular weight excluding hydrogens is 542 g/mol. The maximum absolute atomic E-state index is 13.7. The number of carbonyl (C=O) groups is 1. The van der Waals surface area contributed by atoms with E-state index in [2.05, 4.69) is 20.3 Å². The summed E-state index contributed by atoms with van der Waals surface area (Å²) < 4.78 is 20.5. The molecule has 0 radical (unpaired) electrons. The Morgan fingerprint density at radius 3 is 2.61 bits per heavy atom. The van der Waals surface area contributed by atoms with E-state index in [0.717, 1.165) is 54.9 Å². The highest BCUT2D eigenvalue weighted by molar-refractivity contribution is 7.98. The molecule has 2 fully saturated rings. The van der Waals surface area contributed by atoms with Gasteiger partial charge in [-0.1, -0.05) is 0 Å². The third kappa shape index (κ3) is 4.81. The lowest BCUT2D eigenvalue weighted by Crippen LogP contribution is -2.57. The monoisotopic (exact) mass is 581 g/mol. The highest BCUT2D eigenvalue weighted by Crippen LogP contribution is 2.52. The van der Waals surface area contributed by atoms with Gasteiger partial charge >= 0.3 is 0 Å². The number of ether oxygens (including phenoxy) is 3. The molecule has 3 aliphatic rings. The number of methoxy groups -OCH3 is 1. The lowest BCUT2D eigenvalue weighted by Gasteiger charge is -2.47. The molecule has 1 saturated heterocycles. The molecule has 11 heteroatoms. The molecule has 0 bridgehead atoms. The number of aryl methyl sites for hydroxylation is 2. The first-order valence-corrected chi connectivity index (χ1v) is 15.5. The van der Waals surface area contributed by atoms with Gasteiger partial charge in [0.25, 0.3) is 17.3 Å². The fourth-order valence-corrected chi connectivity index (χ4v) is 7.47. The van der Waals surface area contributed by atoms with Crippen LogP contribution in [0.3, 0.4) is 0 Å². The van der Waals surface area contributed by atoms with Crippen LogP contribution in [0.1, 0.15) is 59.8 Å². The molecule has 220 valence electrons. The fourth-order valence-electron chi connectivity index (χ4n) is 6.76. The van der Waals surface area contributed by atoms with E-state index in [9.17, 15) is 9.59 Å². The number of amides is 1. The van der Waals surface area contributed by atoms with Gasteiger partial charge in [-0.15, -0.1) is 11.8 Å². The quantitative estimate of drug-likeness (QED) is 0.404. The summed E-state index contributed by atoms with van der Waals surface area (Å²) in [5.41, 5.74) is 3.07. The molecule has 1 aliphatic carbocycles. The SMILES string of the molecule is COC1CN(C2CCC([C@]3(C)Oc4c(C)c(C(=O)NCc5c(SC)cc(C)[nH]c5=O)c5cnn(C)c5c4O3)CC2)C1. The minimum absolute atomic E-state index is 0.114. The molecule has 6 rings (SSSR count). The number of benzene rings is 1. The first-order valence-electron chi connectivity index (χ1n) is 14.3. The number of H-pyrrole nitrogens is 1. The summed E-state index contributed by atoms with van der Waals surface area (Å²) in [6.07, 6.45) is 8.20. The number of likely N-dealkylation sites (tertiary alicyclic amines) is 1. The molecule has 2 aromatic heterocycles. The Balaban J connectivity index is 1.24. The van der Waals surface area contributed by atoms with Crippen LogP contribution in [0.5, 0.6) is 11.5 Å². The van der Waals surface area contributed by atoms with Crippen LogP contribution in [0.2, 0.25) is 0 Å². The molecule has 2 aliphatic heterocycles.